The van der Waals surface area contributed by atoms with Gasteiger partial charge in [-0.25, -0.2) is 0 Å². The van der Waals surface area contributed by atoms with Crippen molar-refractivity contribution in [2.75, 3.05) is 39.6 Å². The van der Waals surface area contributed by atoms with Crippen molar-refractivity contribution in [3.05, 3.63) is 54.6 Å². The molecule has 0 saturated carbocycles. The first-order valence-corrected chi connectivity index (χ1v) is 23.4. The third-order valence-corrected chi connectivity index (χ3v) is 13.7. The highest BCUT2D eigenvalue weighted by atomic mass is 32.3. The Morgan fingerprint density at radius 1 is 0.474 bits per heavy atom. The number of benzene rings is 3. The molecule has 3 aromatic carbocycles. The Kier molecular flexibility index (Phi) is 20.5. The van der Waals surface area contributed by atoms with Crippen LogP contribution in [0.15, 0.2) is 69.3 Å². The molecule has 0 radical (unpaired) electrons. The first-order valence-electron chi connectivity index (χ1n) is 20.5. The van der Waals surface area contributed by atoms with Crippen molar-refractivity contribution in [1.29, 1.82) is 0 Å². The molecule has 0 N–H and O–H groups in total. The lowest BCUT2D eigenvalue weighted by Gasteiger charge is -2.42. The Bertz CT molecular complexity index is 1580. The first-order chi connectivity index (χ1) is 27.4. The fourth-order valence-corrected chi connectivity index (χ4v) is 10.5. The van der Waals surface area contributed by atoms with Gasteiger partial charge in [0.2, 0.25) is 0 Å². The summed E-state index contributed by atoms with van der Waals surface area (Å²) in [6.45, 7) is 13.4. The fraction of sp³-hybridized carbons (Fsp3) is 0.581. The fourth-order valence-electron chi connectivity index (χ4n) is 5.47. The topological polar surface area (TPSA) is 98.8 Å². The Morgan fingerprint density at radius 3 is 1.05 bits per heavy atom. The zero-order chi connectivity index (χ0) is 41.7. The number of halogens is 3. The largest absolute Gasteiger partial charge is 0.524 e. The molecule has 0 bridgehead atoms. The molecule has 0 spiro atoms. The molecule has 57 heavy (non-hydrogen) atoms. The molecule has 0 aliphatic carbocycles. The molecule has 322 valence electrons. The summed E-state index contributed by atoms with van der Waals surface area (Å²) in [6, 6.07) is 14.4. The minimum absolute atomic E-state index is 0.0306. The third kappa shape index (κ3) is 13.5. The van der Waals surface area contributed by atoms with Crippen LogP contribution in [-0.2, 0) is 13.7 Å². The number of unbranched alkanes of at least 4 members (excludes halogenated alkanes) is 6. The standard InChI is InChI=1S/C43H63F3O9S2/c1-7-13-24-49-34-30-37(51-26-15-9-3)41(38(31-34)52-27-16-10-4)56(36-22-20-19-21-23-36,55-57(47,48)43(44,45)46)42-39(53-28-17-11-5)32-35(50-25-14-8-2)33-40(42)54-29-18-12-6/h19-23,30-33H,7-18,24-29H2,1-6H3. The van der Waals surface area contributed by atoms with E-state index in [4.69, 9.17) is 32.1 Å². The van der Waals surface area contributed by atoms with Gasteiger partial charge in [-0.15, -0.1) is 0 Å². The van der Waals surface area contributed by atoms with Crippen LogP contribution in [0.5, 0.6) is 34.5 Å². The lowest BCUT2D eigenvalue weighted by atomic mass is 10.2. The molecule has 0 aliphatic rings. The van der Waals surface area contributed by atoms with Gasteiger partial charge in [-0.1, -0.05) is 98.3 Å². The van der Waals surface area contributed by atoms with E-state index in [0.717, 1.165) is 51.4 Å². The molecule has 3 aromatic rings. The molecule has 0 heterocycles. The summed E-state index contributed by atoms with van der Waals surface area (Å²) in [4.78, 5) is 0.0484. The molecule has 3 rings (SSSR count). The van der Waals surface area contributed by atoms with Gasteiger partial charge < -0.3 is 28.4 Å². The summed E-state index contributed by atoms with van der Waals surface area (Å²) in [6.07, 6.45) is 8.62. The zero-order valence-corrected chi connectivity index (χ0v) is 36.2. The van der Waals surface area contributed by atoms with E-state index in [-0.39, 0.29) is 64.1 Å². The average Bonchev–Trinajstić information content (AvgIpc) is 3.18. The smallest absolute Gasteiger partial charge is 0.493 e. The lowest BCUT2D eigenvalue weighted by Crippen LogP contribution is -2.28. The maximum Gasteiger partial charge on any atom is 0.524 e. The second-order valence-electron chi connectivity index (χ2n) is 13.5. The van der Waals surface area contributed by atoms with E-state index < -0.39 is 25.9 Å². The van der Waals surface area contributed by atoms with E-state index in [9.17, 15) is 21.6 Å². The second-order valence-corrected chi connectivity index (χ2v) is 17.9. The summed E-state index contributed by atoms with van der Waals surface area (Å²) >= 11 is 0. The lowest BCUT2D eigenvalue weighted by molar-refractivity contribution is -0.0496. The van der Waals surface area contributed by atoms with Gasteiger partial charge in [0.05, 0.1) is 39.6 Å². The number of rotatable bonds is 29. The van der Waals surface area contributed by atoms with Crippen LogP contribution in [0.2, 0.25) is 0 Å². The molecule has 0 unspecified atom stereocenters. The van der Waals surface area contributed by atoms with Crippen LogP contribution < -0.4 is 28.4 Å². The molecule has 9 nitrogen and oxygen atoms in total. The predicted molar refractivity (Wildman–Crippen MR) is 220 cm³/mol. The molecule has 0 aliphatic heterocycles. The van der Waals surface area contributed by atoms with Gasteiger partial charge in [0.25, 0.3) is 0 Å². The molecule has 0 amide bonds. The van der Waals surface area contributed by atoms with E-state index in [1.165, 1.54) is 0 Å². The Labute approximate surface area is 340 Å². The van der Waals surface area contributed by atoms with Crippen LogP contribution in [0.3, 0.4) is 0 Å². The van der Waals surface area contributed by atoms with Crippen molar-refractivity contribution in [2.45, 2.75) is 139 Å². The molecule has 0 atom stereocenters. The van der Waals surface area contributed by atoms with Crippen LogP contribution in [-0.4, -0.2) is 53.6 Å². The number of ether oxygens (including phenoxy) is 6. The molecule has 0 saturated heterocycles. The van der Waals surface area contributed by atoms with Gasteiger partial charge in [-0.2, -0.15) is 25.2 Å². The highest BCUT2D eigenvalue weighted by Gasteiger charge is 2.55. The van der Waals surface area contributed by atoms with E-state index in [1.807, 2.05) is 41.5 Å². The van der Waals surface area contributed by atoms with Gasteiger partial charge in [-0.05, 0) is 61.0 Å². The quantitative estimate of drug-likeness (QED) is 0.0499. The van der Waals surface area contributed by atoms with Gasteiger partial charge in [0.1, 0.15) is 44.3 Å². The number of hydrogen-bond acceptors (Lipinski definition) is 9. The zero-order valence-electron chi connectivity index (χ0n) is 34.5. The summed E-state index contributed by atoms with van der Waals surface area (Å²) in [5.74, 6) is 0.933. The average molecular weight is 845 g/mol. The summed E-state index contributed by atoms with van der Waals surface area (Å²) in [5, 5.41) is 0. The van der Waals surface area contributed by atoms with E-state index in [1.54, 1.807) is 54.6 Å². The van der Waals surface area contributed by atoms with E-state index in [0.29, 0.717) is 50.4 Å². The minimum atomic E-state index is -6.37. The molecule has 0 aromatic heterocycles. The Balaban J connectivity index is 2.74. The van der Waals surface area contributed by atoms with Crippen LogP contribution in [0.25, 0.3) is 0 Å². The van der Waals surface area contributed by atoms with Crippen molar-refractivity contribution >= 4 is 20.4 Å². The summed E-state index contributed by atoms with van der Waals surface area (Å²) in [7, 11) is -10.5. The second kappa shape index (κ2) is 24.4. The van der Waals surface area contributed by atoms with Gasteiger partial charge in [-0.3, -0.25) is 0 Å². The predicted octanol–water partition coefficient (Wildman–Crippen LogP) is 12.8. The maximum absolute atomic E-state index is 14.9. The van der Waals surface area contributed by atoms with Crippen LogP contribution >= 0.6 is 10.3 Å². The molecular weight excluding hydrogens is 782 g/mol. The first kappa shape index (κ1) is 47.9. The van der Waals surface area contributed by atoms with Gasteiger partial charge >= 0.3 is 15.6 Å². The minimum Gasteiger partial charge on any atom is -0.493 e. The SMILES string of the molecule is CCCCOc1cc(OCCCC)c(S(OS(=O)(=O)C(F)(F)F)(c2ccccc2)c2c(OCCCC)cc(OCCCC)cc2OCCCC)c(OCCCC)c1. The van der Waals surface area contributed by atoms with Crippen LogP contribution in [0, 0.1) is 0 Å². The van der Waals surface area contributed by atoms with E-state index >= 15 is 0 Å². The number of hydrogen-bond donors (Lipinski definition) is 0. The van der Waals surface area contributed by atoms with Crippen molar-refractivity contribution in [1.82, 2.24) is 0 Å². The summed E-state index contributed by atoms with van der Waals surface area (Å²) < 4.78 is 117. The van der Waals surface area contributed by atoms with E-state index in [2.05, 4.69) is 0 Å². The van der Waals surface area contributed by atoms with Crippen molar-refractivity contribution in [2.24, 2.45) is 0 Å². The molecular formula is C43H63F3O9S2. The monoisotopic (exact) mass is 844 g/mol. The highest BCUT2D eigenvalue weighted by molar-refractivity contribution is 8.33. The normalized spacial score (nSPS) is 12.3. The van der Waals surface area contributed by atoms with Gasteiger partial charge in [0, 0.05) is 29.2 Å². The Hall–Kier alpha value is -3.49. The molecule has 0 fully saturated rings. The van der Waals surface area contributed by atoms with Crippen molar-refractivity contribution in [3.8, 4) is 34.5 Å². The Morgan fingerprint density at radius 2 is 0.772 bits per heavy atom. The van der Waals surface area contributed by atoms with Crippen molar-refractivity contribution < 1.29 is 53.6 Å². The summed E-state index contributed by atoms with van der Waals surface area (Å²) in [5.41, 5.74) is -5.81. The maximum atomic E-state index is 14.9. The van der Waals surface area contributed by atoms with Crippen LogP contribution in [0.1, 0.15) is 119 Å². The highest BCUT2D eigenvalue weighted by Crippen LogP contribution is 2.78. The van der Waals surface area contributed by atoms with Crippen molar-refractivity contribution in [3.63, 3.8) is 0 Å². The number of alkyl halides is 3. The molecule has 14 heteroatoms. The van der Waals surface area contributed by atoms with Crippen LogP contribution in [0.4, 0.5) is 13.2 Å². The van der Waals surface area contributed by atoms with Gasteiger partial charge in [0.15, 0.2) is 0 Å². The third-order valence-electron chi connectivity index (χ3n) is 8.67.